The second kappa shape index (κ2) is 3.84. The third-order valence-electron chi connectivity index (χ3n) is 2.18. The molecule has 0 aliphatic heterocycles. The summed E-state index contributed by atoms with van der Waals surface area (Å²) in [6.45, 7) is 0. The monoisotopic (exact) mass is 222 g/mol. The maximum atomic E-state index is 13.0. The van der Waals surface area contributed by atoms with E-state index in [1.807, 2.05) is 0 Å². The number of rotatable bonds is 2. The lowest BCUT2D eigenvalue weighted by molar-refractivity contribution is 0.112. The molecule has 2 rings (SSSR count). The zero-order valence-electron chi connectivity index (χ0n) is 8.45. The number of nitrogens with zero attached hydrogens (tertiary/aromatic N) is 2. The highest BCUT2D eigenvalue weighted by Gasteiger charge is 2.11. The number of aryl methyl sites for hydroxylation is 1. The summed E-state index contributed by atoms with van der Waals surface area (Å²) >= 11 is 0. The Hall–Kier alpha value is -2.04. The third kappa shape index (κ3) is 1.71. The van der Waals surface area contributed by atoms with Crippen LogP contribution >= 0.6 is 0 Å². The molecule has 5 heteroatoms. The Morgan fingerprint density at radius 2 is 2.06 bits per heavy atom. The Balaban J connectivity index is 2.57. The highest BCUT2D eigenvalue weighted by Crippen LogP contribution is 2.22. The molecular weight excluding hydrogens is 214 g/mol. The first-order valence-corrected chi connectivity index (χ1v) is 4.56. The van der Waals surface area contributed by atoms with Crippen LogP contribution in [0.3, 0.4) is 0 Å². The summed E-state index contributed by atoms with van der Waals surface area (Å²) in [4.78, 5) is 10.7. The van der Waals surface area contributed by atoms with E-state index in [-0.39, 0.29) is 0 Å². The predicted octanol–water partition coefficient (Wildman–Crippen LogP) is 2.18. The van der Waals surface area contributed by atoms with E-state index in [9.17, 15) is 13.6 Å². The molecule has 1 heterocycles. The number of aldehydes is 1. The summed E-state index contributed by atoms with van der Waals surface area (Å²) in [6.07, 6.45) is 2.15. The fraction of sp³-hybridized carbons (Fsp3) is 0.0909. The molecule has 0 saturated heterocycles. The van der Waals surface area contributed by atoms with Gasteiger partial charge in [0.25, 0.3) is 0 Å². The van der Waals surface area contributed by atoms with Gasteiger partial charge in [-0.1, -0.05) is 0 Å². The minimum Gasteiger partial charge on any atom is -0.298 e. The lowest BCUT2D eigenvalue weighted by atomic mass is 10.1. The van der Waals surface area contributed by atoms with E-state index in [4.69, 9.17) is 0 Å². The van der Waals surface area contributed by atoms with Crippen LogP contribution in [0.1, 0.15) is 10.4 Å². The van der Waals surface area contributed by atoms with E-state index in [0.29, 0.717) is 23.1 Å². The summed E-state index contributed by atoms with van der Waals surface area (Å²) in [5, 5.41) is 4.02. The first-order valence-electron chi connectivity index (χ1n) is 4.56. The van der Waals surface area contributed by atoms with Gasteiger partial charge in [0, 0.05) is 18.8 Å². The number of hydrogen-bond donors (Lipinski definition) is 0. The molecule has 0 atom stereocenters. The zero-order chi connectivity index (χ0) is 11.7. The van der Waals surface area contributed by atoms with Crippen LogP contribution in [0.25, 0.3) is 11.3 Å². The average Bonchev–Trinajstić information content (AvgIpc) is 2.63. The topological polar surface area (TPSA) is 34.9 Å². The van der Waals surface area contributed by atoms with Gasteiger partial charge in [0.15, 0.2) is 17.9 Å². The number of carbonyl (C=O) groups excluding carboxylic acids is 1. The van der Waals surface area contributed by atoms with Crippen molar-refractivity contribution in [1.82, 2.24) is 9.78 Å². The van der Waals surface area contributed by atoms with E-state index in [2.05, 4.69) is 5.10 Å². The quantitative estimate of drug-likeness (QED) is 0.730. The minimum atomic E-state index is -0.958. The highest BCUT2D eigenvalue weighted by atomic mass is 19.2. The number of hydrogen-bond acceptors (Lipinski definition) is 2. The van der Waals surface area contributed by atoms with E-state index in [1.54, 1.807) is 7.05 Å². The summed E-state index contributed by atoms with van der Waals surface area (Å²) in [5.41, 5.74) is 1.06. The van der Waals surface area contributed by atoms with Crippen LogP contribution < -0.4 is 0 Å². The molecule has 2 aromatic rings. The molecule has 0 spiro atoms. The van der Waals surface area contributed by atoms with Crippen molar-refractivity contribution >= 4 is 6.29 Å². The first kappa shape index (κ1) is 10.5. The van der Waals surface area contributed by atoms with Crippen molar-refractivity contribution in [2.45, 2.75) is 0 Å². The van der Waals surface area contributed by atoms with Gasteiger partial charge in [0.05, 0.1) is 5.56 Å². The van der Waals surface area contributed by atoms with Crippen molar-refractivity contribution in [2.75, 3.05) is 0 Å². The van der Waals surface area contributed by atoms with Crippen molar-refractivity contribution < 1.29 is 13.6 Å². The maximum absolute atomic E-state index is 13.0. The Labute approximate surface area is 90.3 Å². The predicted molar refractivity (Wildman–Crippen MR) is 53.9 cm³/mol. The average molecular weight is 222 g/mol. The molecule has 16 heavy (non-hydrogen) atoms. The largest absolute Gasteiger partial charge is 0.298 e. The number of benzene rings is 1. The molecule has 0 fully saturated rings. The van der Waals surface area contributed by atoms with Gasteiger partial charge in [0.1, 0.15) is 5.69 Å². The Bertz CT molecular complexity index is 549. The molecule has 1 aromatic carbocycles. The molecule has 0 radical (unpaired) electrons. The Morgan fingerprint density at radius 3 is 2.69 bits per heavy atom. The van der Waals surface area contributed by atoms with Crippen molar-refractivity contribution in [3.8, 4) is 11.3 Å². The standard InChI is InChI=1S/C11H8F2N2O/c1-15-5-8(6-16)11(14-15)7-2-3-9(12)10(13)4-7/h2-6H,1H3. The minimum absolute atomic E-state index is 0.341. The van der Waals surface area contributed by atoms with Gasteiger partial charge >= 0.3 is 0 Å². The zero-order valence-corrected chi connectivity index (χ0v) is 8.45. The van der Waals surface area contributed by atoms with Gasteiger partial charge in [-0.2, -0.15) is 5.10 Å². The second-order valence-electron chi connectivity index (χ2n) is 3.35. The van der Waals surface area contributed by atoms with Crippen molar-refractivity contribution in [2.24, 2.45) is 7.05 Å². The summed E-state index contributed by atoms with van der Waals surface area (Å²) < 4.78 is 27.2. The number of carbonyl (C=O) groups is 1. The van der Waals surface area contributed by atoms with E-state index >= 15 is 0 Å². The Morgan fingerprint density at radius 1 is 1.31 bits per heavy atom. The summed E-state index contributed by atoms with van der Waals surface area (Å²) in [5.74, 6) is -1.88. The van der Waals surface area contributed by atoms with Crippen molar-refractivity contribution in [3.05, 3.63) is 41.6 Å². The van der Waals surface area contributed by atoms with Gasteiger partial charge in [-0.3, -0.25) is 9.48 Å². The first-order chi connectivity index (χ1) is 7.61. The lowest BCUT2D eigenvalue weighted by Gasteiger charge is -1.99. The van der Waals surface area contributed by atoms with Crippen molar-refractivity contribution in [3.63, 3.8) is 0 Å². The molecule has 0 aliphatic rings. The molecule has 0 N–H and O–H groups in total. The summed E-state index contributed by atoms with van der Waals surface area (Å²) in [6, 6.07) is 3.41. The molecule has 0 unspecified atom stereocenters. The molecule has 0 aliphatic carbocycles. The van der Waals surface area contributed by atoms with Gasteiger partial charge in [-0.05, 0) is 18.2 Å². The van der Waals surface area contributed by atoms with Crippen LogP contribution in [0.2, 0.25) is 0 Å². The second-order valence-corrected chi connectivity index (χ2v) is 3.35. The molecular formula is C11H8F2N2O. The SMILES string of the molecule is Cn1cc(C=O)c(-c2ccc(F)c(F)c2)n1. The molecule has 1 aromatic heterocycles. The Kier molecular flexibility index (Phi) is 2.52. The fourth-order valence-electron chi connectivity index (χ4n) is 1.46. The lowest BCUT2D eigenvalue weighted by Crippen LogP contribution is -1.90. The normalized spacial score (nSPS) is 10.4. The molecule has 82 valence electrons. The van der Waals surface area contributed by atoms with Crippen LogP contribution in [0, 0.1) is 11.6 Å². The van der Waals surface area contributed by atoms with Crippen LogP contribution in [0.4, 0.5) is 8.78 Å². The summed E-state index contributed by atoms with van der Waals surface area (Å²) in [7, 11) is 1.65. The molecule has 0 amide bonds. The van der Waals surface area contributed by atoms with Crippen molar-refractivity contribution in [1.29, 1.82) is 0 Å². The van der Waals surface area contributed by atoms with Crippen LogP contribution in [0.5, 0.6) is 0 Å². The van der Waals surface area contributed by atoms with Crippen LogP contribution in [0.15, 0.2) is 24.4 Å². The maximum Gasteiger partial charge on any atom is 0.159 e. The van der Waals surface area contributed by atoms with Gasteiger partial charge in [0.2, 0.25) is 0 Å². The van der Waals surface area contributed by atoms with Gasteiger partial charge in [-0.15, -0.1) is 0 Å². The van der Waals surface area contributed by atoms with E-state index in [1.165, 1.54) is 16.9 Å². The fourth-order valence-corrected chi connectivity index (χ4v) is 1.46. The van der Waals surface area contributed by atoms with Crippen LogP contribution in [-0.4, -0.2) is 16.1 Å². The molecule has 0 bridgehead atoms. The smallest absolute Gasteiger partial charge is 0.159 e. The van der Waals surface area contributed by atoms with E-state index < -0.39 is 11.6 Å². The van der Waals surface area contributed by atoms with Gasteiger partial charge in [-0.25, -0.2) is 8.78 Å². The molecule has 0 saturated carbocycles. The van der Waals surface area contributed by atoms with Crippen LogP contribution in [-0.2, 0) is 7.05 Å². The van der Waals surface area contributed by atoms with Gasteiger partial charge < -0.3 is 0 Å². The highest BCUT2D eigenvalue weighted by molar-refractivity contribution is 5.85. The van der Waals surface area contributed by atoms with E-state index in [0.717, 1.165) is 12.1 Å². The number of aromatic nitrogens is 2. The molecule has 3 nitrogen and oxygen atoms in total. The number of halogens is 2. The third-order valence-corrected chi connectivity index (χ3v) is 2.18.